The SMILES string of the molecule is O=c1ncc2cn([C@@H]3O[C@H](CO)[C@H](O)C3O)c(=O)nc2[nH]1. The molecule has 3 heterocycles. The molecular formula is C11H12N4O6. The standard InChI is InChI=1S/C11H12N4O6/c16-3-5-6(17)7(18)9(21-5)15-2-4-1-12-10(19)13-8(4)14-11(15)20/h1-2,5-7,9,16-18H,3H2,(H,13,14,19,20)/t5-,6+,7?,9-/m1/s1. The first-order chi connectivity index (χ1) is 10.0. The molecule has 0 spiro atoms. The molecule has 0 saturated carbocycles. The highest BCUT2D eigenvalue weighted by atomic mass is 16.6. The van der Waals surface area contributed by atoms with Crippen molar-refractivity contribution in [1.29, 1.82) is 0 Å². The van der Waals surface area contributed by atoms with Crippen LogP contribution in [-0.2, 0) is 4.74 Å². The van der Waals surface area contributed by atoms with Gasteiger partial charge in [-0.05, 0) is 0 Å². The van der Waals surface area contributed by atoms with E-state index in [4.69, 9.17) is 9.84 Å². The lowest BCUT2D eigenvalue weighted by Crippen LogP contribution is -2.36. The van der Waals surface area contributed by atoms with Gasteiger partial charge in [0.05, 0.1) is 12.0 Å². The third kappa shape index (κ3) is 2.23. The summed E-state index contributed by atoms with van der Waals surface area (Å²) in [6.45, 7) is -0.501. The van der Waals surface area contributed by atoms with Gasteiger partial charge in [-0.3, -0.25) is 9.55 Å². The van der Waals surface area contributed by atoms with E-state index >= 15 is 0 Å². The van der Waals surface area contributed by atoms with Crippen LogP contribution in [0.4, 0.5) is 0 Å². The predicted octanol–water partition coefficient (Wildman–Crippen LogP) is -2.91. The fourth-order valence-electron chi connectivity index (χ4n) is 2.23. The van der Waals surface area contributed by atoms with E-state index in [0.29, 0.717) is 5.39 Å². The molecule has 0 aromatic carbocycles. The Morgan fingerprint density at radius 2 is 2.10 bits per heavy atom. The Kier molecular flexibility index (Phi) is 3.29. The van der Waals surface area contributed by atoms with E-state index in [9.17, 15) is 19.8 Å². The van der Waals surface area contributed by atoms with Crippen LogP contribution < -0.4 is 11.4 Å². The Labute approximate surface area is 116 Å². The molecule has 1 saturated heterocycles. The van der Waals surface area contributed by atoms with Gasteiger partial charge in [-0.1, -0.05) is 0 Å². The number of hydrogen-bond donors (Lipinski definition) is 4. The van der Waals surface area contributed by atoms with Crippen LogP contribution in [-0.4, -0.2) is 59.8 Å². The van der Waals surface area contributed by atoms with Gasteiger partial charge in [0.1, 0.15) is 24.0 Å². The normalized spacial score (nSPS) is 29.1. The third-order valence-electron chi connectivity index (χ3n) is 3.32. The largest absolute Gasteiger partial charge is 0.394 e. The summed E-state index contributed by atoms with van der Waals surface area (Å²) in [6, 6.07) is 0. The number of nitrogens with zero attached hydrogens (tertiary/aromatic N) is 3. The first-order valence-electron chi connectivity index (χ1n) is 6.12. The Morgan fingerprint density at radius 3 is 2.76 bits per heavy atom. The number of rotatable bonds is 2. The van der Waals surface area contributed by atoms with Crippen LogP contribution >= 0.6 is 0 Å². The summed E-state index contributed by atoms with van der Waals surface area (Å²) in [5.41, 5.74) is -1.36. The maximum absolute atomic E-state index is 12.0. The zero-order chi connectivity index (χ0) is 15.1. The van der Waals surface area contributed by atoms with Gasteiger partial charge in [0, 0.05) is 12.4 Å². The highest BCUT2D eigenvalue weighted by Gasteiger charge is 2.43. The van der Waals surface area contributed by atoms with Gasteiger partial charge in [-0.25, -0.2) is 14.6 Å². The quantitative estimate of drug-likeness (QED) is 0.460. The summed E-state index contributed by atoms with van der Waals surface area (Å²) in [7, 11) is 0. The summed E-state index contributed by atoms with van der Waals surface area (Å²) in [4.78, 5) is 32.5. The number of ether oxygens (including phenoxy) is 1. The zero-order valence-corrected chi connectivity index (χ0v) is 10.6. The van der Waals surface area contributed by atoms with Crippen molar-refractivity contribution in [3.8, 4) is 0 Å². The van der Waals surface area contributed by atoms with E-state index < -0.39 is 42.5 Å². The van der Waals surface area contributed by atoms with Crippen molar-refractivity contribution in [2.24, 2.45) is 0 Å². The summed E-state index contributed by atoms with van der Waals surface area (Å²) >= 11 is 0. The molecule has 4 N–H and O–H groups in total. The number of hydrogen-bond acceptors (Lipinski definition) is 8. The van der Waals surface area contributed by atoms with Gasteiger partial charge in [-0.15, -0.1) is 0 Å². The summed E-state index contributed by atoms with van der Waals surface area (Å²) in [5.74, 6) is 0. The van der Waals surface area contributed by atoms with E-state index in [-0.39, 0.29) is 5.65 Å². The third-order valence-corrected chi connectivity index (χ3v) is 3.32. The monoisotopic (exact) mass is 296 g/mol. The van der Waals surface area contributed by atoms with E-state index in [1.165, 1.54) is 12.4 Å². The van der Waals surface area contributed by atoms with Crippen LogP contribution in [0.5, 0.6) is 0 Å². The summed E-state index contributed by atoms with van der Waals surface area (Å²) in [6.07, 6.45) is -2.38. The molecule has 1 unspecified atom stereocenters. The van der Waals surface area contributed by atoms with E-state index in [0.717, 1.165) is 4.57 Å². The topological polar surface area (TPSA) is 151 Å². The Morgan fingerprint density at radius 1 is 1.33 bits per heavy atom. The zero-order valence-electron chi connectivity index (χ0n) is 10.6. The van der Waals surface area contributed by atoms with E-state index in [1.807, 2.05) is 0 Å². The van der Waals surface area contributed by atoms with Gasteiger partial charge in [0.25, 0.3) is 0 Å². The van der Waals surface area contributed by atoms with Gasteiger partial charge in [0.15, 0.2) is 6.23 Å². The number of H-pyrrole nitrogens is 1. The molecule has 0 bridgehead atoms. The molecule has 0 aliphatic carbocycles. The summed E-state index contributed by atoms with van der Waals surface area (Å²) in [5, 5.41) is 29.0. The lowest BCUT2D eigenvalue weighted by molar-refractivity contribution is -0.0547. The van der Waals surface area contributed by atoms with Crippen molar-refractivity contribution in [2.75, 3.05) is 6.61 Å². The minimum absolute atomic E-state index is 0.0583. The van der Waals surface area contributed by atoms with Gasteiger partial charge in [-0.2, -0.15) is 4.98 Å². The van der Waals surface area contributed by atoms with Crippen molar-refractivity contribution >= 4 is 11.0 Å². The smallest absolute Gasteiger partial charge is 0.351 e. The minimum atomic E-state index is -1.39. The first-order valence-corrected chi connectivity index (χ1v) is 6.12. The average Bonchev–Trinajstić information content (AvgIpc) is 2.74. The predicted molar refractivity (Wildman–Crippen MR) is 67.4 cm³/mol. The number of fused-ring (bicyclic) bond motifs is 1. The highest BCUT2D eigenvalue weighted by Crippen LogP contribution is 2.28. The van der Waals surface area contributed by atoms with Crippen molar-refractivity contribution in [3.63, 3.8) is 0 Å². The van der Waals surface area contributed by atoms with Gasteiger partial charge >= 0.3 is 11.4 Å². The molecule has 3 rings (SSSR count). The van der Waals surface area contributed by atoms with Crippen LogP contribution in [0.3, 0.4) is 0 Å². The maximum Gasteiger partial charge on any atom is 0.351 e. The molecule has 21 heavy (non-hydrogen) atoms. The molecule has 1 aliphatic rings. The molecule has 112 valence electrons. The van der Waals surface area contributed by atoms with Gasteiger partial charge < -0.3 is 20.1 Å². The molecule has 4 atom stereocenters. The van der Waals surface area contributed by atoms with Crippen molar-refractivity contribution < 1.29 is 20.1 Å². The lowest BCUT2D eigenvalue weighted by atomic mass is 10.1. The molecule has 10 heteroatoms. The molecule has 1 fully saturated rings. The van der Waals surface area contributed by atoms with Crippen molar-refractivity contribution in [3.05, 3.63) is 33.4 Å². The van der Waals surface area contributed by atoms with Crippen molar-refractivity contribution in [2.45, 2.75) is 24.5 Å². The highest BCUT2D eigenvalue weighted by molar-refractivity contribution is 5.71. The number of nitrogens with one attached hydrogen (secondary N) is 1. The number of aromatic nitrogens is 4. The molecule has 10 nitrogen and oxygen atoms in total. The number of aromatic amines is 1. The molecule has 0 radical (unpaired) electrons. The second-order valence-electron chi connectivity index (χ2n) is 4.65. The average molecular weight is 296 g/mol. The minimum Gasteiger partial charge on any atom is -0.394 e. The number of aliphatic hydroxyl groups is 3. The van der Waals surface area contributed by atoms with Crippen LogP contribution in [0.25, 0.3) is 11.0 Å². The fraction of sp³-hybridized carbons (Fsp3) is 0.455. The lowest BCUT2D eigenvalue weighted by Gasteiger charge is -2.17. The molecule has 1 aliphatic heterocycles. The fourth-order valence-corrected chi connectivity index (χ4v) is 2.23. The molecule has 2 aromatic rings. The Hall–Kier alpha value is -2.14. The van der Waals surface area contributed by atoms with Gasteiger partial charge in [0.2, 0.25) is 0 Å². The van der Waals surface area contributed by atoms with Crippen LogP contribution in [0.1, 0.15) is 6.23 Å². The summed E-state index contributed by atoms with van der Waals surface area (Å²) < 4.78 is 6.23. The molecular weight excluding hydrogens is 284 g/mol. The second-order valence-corrected chi connectivity index (χ2v) is 4.65. The van der Waals surface area contributed by atoms with E-state index in [2.05, 4.69) is 15.0 Å². The Balaban J connectivity index is 2.09. The number of aliphatic hydroxyl groups excluding tert-OH is 3. The maximum atomic E-state index is 12.0. The Bertz CT molecular complexity index is 786. The van der Waals surface area contributed by atoms with Crippen LogP contribution in [0, 0.1) is 0 Å². The molecule has 0 amide bonds. The van der Waals surface area contributed by atoms with Crippen LogP contribution in [0.15, 0.2) is 22.0 Å². The van der Waals surface area contributed by atoms with E-state index in [1.54, 1.807) is 0 Å². The second kappa shape index (κ2) is 5.00. The first kappa shape index (κ1) is 13.8. The molecule has 2 aromatic heterocycles. The van der Waals surface area contributed by atoms with Crippen molar-refractivity contribution in [1.82, 2.24) is 19.5 Å². The van der Waals surface area contributed by atoms with Crippen LogP contribution in [0.2, 0.25) is 0 Å².